The van der Waals surface area contributed by atoms with E-state index in [1.165, 1.54) is 0 Å². The van der Waals surface area contributed by atoms with E-state index < -0.39 is 0 Å². The first kappa shape index (κ1) is 12.9. The minimum absolute atomic E-state index is 0.466. The van der Waals surface area contributed by atoms with E-state index in [1.54, 1.807) is 6.34 Å². The van der Waals surface area contributed by atoms with Crippen LogP contribution in [0.1, 0.15) is 5.56 Å². The fourth-order valence-electron chi connectivity index (χ4n) is 1.04. The monoisotopic (exact) mass is 255 g/mol. The molecule has 0 heterocycles. The lowest BCUT2D eigenvalue weighted by molar-refractivity contribution is 0.643. The Morgan fingerprint density at radius 3 is 2.94 bits per heavy atom. The van der Waals surface area contributed by atoms with Gasteiger partial charge in [0, 0.05) is 25.7 Å². The number of hydrogen-bond donors (Lipinski definition) is 1. The van der Waals surface area contributed by atoms with E-state index >= 15 is 0 Å². The third kappa shape index (κ3) is 5.09. The van der Waals surface area contributed by atoms with E-state index in [-0.39, 0.29) is 0 Å². The van der Waals surface area contributed by atoms with Crippen molar-refractivity contribution >= 4 is 35.3 Å². The third-order valence-electron chi connectivity index (χ3n) is 1.74. The van der Waals surface area contributed by atoms with Crippen molar-refractivity contribution in [3.05, 3.63) is 34.9 Å². The first-order valence-corrected chi connectivity index (χ1v) is 5.59. The van der Waals surface area contributed by atoms with Gasteiger partial charge < -0.3 is 10.2 Å². The molecule has 1 rings (SSSR count). The van der Waals surface area contributed by atoms with Gasteiger partial charge in [-0.1, -0.05) is 23.7 Å². The van der Waals surface area contributed by atoms with Crippen LogP contribution in [-0.2, 0) is 6.54 Å². The van der Waals surface area contributed by atoms with Crippen LogP contribution in [0.5, 0.6) is 0 Å². The molecule has 1 aromatic carbocycles. The second-order valence-corrected chi connectivity index (χ2v) is 4.32. The van der Waals surface area contributed by atoms with Crippen LogP contribution < -0.4 is 5.32 Å². The largest absolute Gasteiger partial charge is 0.369 e. The molecule has 0 aliphatic heterocycles. The predicted octanol–water partition coefficient (Wildman–Crippen LogP) is 2.30. The maximum absolute atomic E-state index is 5.87. The molecule has 3 nitrogen and oxygen atoms in total. The number of hydrogen-bond acceptors (Lipinski definition) is 1. The highest BCUT2D eigenvalue weighted by Crippen LogP contribution is 2.10. The van der Waals surface area contributed by atoms with E-state index in [0.717, 1.165) is 10.6 Å². The second-order valence-electron chi connectivity index (χ2n) is 3.50. The summed E-state index contributed by atoms with van der Waals surface area (Å²) in [6, 6.07) is 7.63. The van der Waals surface area contributed by atoms with Gasteiger partial charge in [-0.3, -0.25) is 0 Å². The van der Waals surface area contributed by atoms with Crippen molar-refractivity contribution in [3.8, 4) is 0 Å². The molecule has 0 fully saturated rings. The SMILES string of the molecule is CN(C)/C=N/C(=S)NCc1cccc(Cl)c1. The average Bonchev–Trinajstić information content (AvgIpc) is 2.23. The van der Waals surface area contributed by atoms with Crippen LogP contribution >= 0.6 is 23.8 Å². The molecular weight excluding hydrogens is 242 g/mol. The first-order valence-electron chi connectivity index (χ1n) is 4.81. The Hall–Kier alpha value is -1.13. The highest BCUT2D eigenvalue weighted by atomic mass is 35.5. The minimum Gasteiger partial charge on any atom is -0.369 e. The standard InChI is InChI=1S/C11H14ClN3S/c1-15(2)8-14-11(16)13-7-9-4-3-5-10(12)6-9/h3-6,8H,7H2,1-2H3,(H,13,16)/b14-8+. The lowest BCUT2D eigenvalue weighted by Gasteiger charge is -2.06. The normalized spacial score (nSPS) is 10.4. The van der Waals surface area contributed by atoms with Crippen molar-refractivity contribution in [2.45, 2.75) is 6.54 Å². The highest BCUT2D eigenvalue weighted by Gasteiger charge is 1.95. The fraction of sp³-hybridized carbons (Fsp3) is 0.273. The number of nitrogens with zero attached hydrogens (tertiary/aromatic N) is 2. The second kappa shape index (κ2) is 6.45. The Morgan fingerprint density at radius 2 is 2.31 bits per heavy atom. The van der Waals surface area contributed by atoms with Gasteiger partial charge in [-0.25, -0.2) is 4.99 Å². The Morgan fingerprint density at radius 1 is 1.56 bits per heavy atom. The van der Waals surface area contributed by atoms with Gasteiger partial charge in [0.05, 0.1) is 6.34 Å². The van der Waals surface area contributed by atoms with E-state index in [9.17, 15) is 0 Å². The predicted molar refractivity (Wildman–Crippen MR) is 73.1 cm³/mol. The van der Waals surface area contributed by atoms with Crippen LogP contribution in [0.25, 0.3) is 0 Å². The molecule has 0 saturated heterocycles. The summed E-state index contributed by atoms with van der Waals surface area (Å²) >= 11 is 10.9. The number of halogens is 1. The van der Waals surface area contributed by atoms with Crippen LogP contribution in [0.4, 0.5) is 0 Å². The van der Waals surface area contributed by atoms with E-state index in [2.05, 4.69) is 10.3 Å². The third-order valence-corrected chi connectivity index (χ3v) is 2.22. The Balaban J connectivity index is 2.43. The zero-order valence-corrected chi connectivity index (χ0v) is 10.8. The van der Waals surface area contributed by atoms with Gasteiger partial charge in [0.2, 0.25) is 0 Å². The molecule has 0 saturated carbocycles. The van der Waals surface area contributed by atoms with Crippen molar-refractivity contribution in [1.82, 2.24) is 10.2 Å². The Labute approximate surface area is 106 Å². The lowest BCUT2D eigenvalue weighted by atomic mass is 10.2. The summed E-state index contributed by atoms with van der Waals surface area (Å²) in [7, 11) is 3.78. The highest BCUT2D eigenvalue weighted by molar-refractivity contribution is 7.80. The van der Waals surface area contributed by atoms with Crippen LogP contribution in [0.15, 0.2) is 29.3 Å². The summed E-state index contributed by atoms with van der Waals surface area (Å²) in [5.74, 6) is 0. The molecule has 1 aromatic rings. The van der Waals surface area contributed by atoms with Crippen LogP contribution in [-0.4, -0.2) is 30.4 Å². The number of rotatable bonds is 3. The van der Waals surface area contributed by atoms with E-state index in [0.29, 0.717) is 11.7 Å². The van der Waals surface area contributed by atoms with Gasteiger partial charge in [0.25, 0.3) is 0 Å². The number of nitrogens with one attached hydrogen (secondary N) is 1. The van der Waals surface area contributed by atoms with Crippen LogP contribution in [0.2, 0.25) is 5.02 Å². The van der Waals surface area contributed by atoms with E-state index in [1.807, 2.05) is 43.3 Å². The summed E-state index contributed by atoms with van der Waals surface area (Å²) in [6.07, 6.45) is 1.66. The van der Waals surface area contributed by atoms with E-state index in [4.69, 9.17) is 23.8 Å². The van der Waals surface area contributed by atoms with Gasteiger partial charge >= 0.3 is 0 Å². The summed E-state index contributed by atoms with van der Waals surface area (Å²) in [5.41, 5.74) is 1.08. The van der Waals surface area contributed by atoms with Crippen molar-refractivity contribution in [2.24, 2.45) is 4.99 Å². The Kier molecular flexibility index (Phi) is 5.22. The van der Waals surface area contributed by atoms with Crippen molar-refractivity contribution in [2.75, 3.05) is 14.1 Å². The maximum Gasteiger partial charge on any atom is 0.194 e. The molecule has 0 spiro atoms. The van der Waals surface area contributed by atoms with Crippen LogP contribution in [0.3, 0.4) is 0 Å². The Bertz CT molecular complexity index is 391. The molecule has 0 atom stereocenters. The zero-order chi connectivity index (χ0) is 12.0. The van der Waals surface area contributed by atoms with Gasteiger partial charge in [-0.2, -0.15) is 0 Å². The molecule has 0 aliphatic carbocycles. The summed E-state index contributed by atoms with van der Waals surface area (Å²) < 4.78 is 0. The van der Waals surface area contributed by atoms with Crippen molar-refractivity contribution in [3.63, 3.8) is 0 Å². The molecular formula is C11H14ClN3S. The topological polar surface area (TPSA) is 27.6 Å². The quantitative estimate of drug-likeness (QED) is 0.510. The summed E-state index contributed by atoms with van der Waals surface area (Å²) in [6.45, 7) is 0.629. The number of benzene rings is 1. The minimum atomic E-state index is 0.466. The van der Waals surface area contributed by atoms with Gasteiger partial charge in [-0.15, -0.1) is 0 Å². The molecule has 86 valence electrons. The lowest BCUT2D eigenvalue weighted by Crippen LogP contribution is -2.20. The van der Waals surface area contributed by atoms with Gasteiger partial charge in [0.15, 0.2) is 5.11 Å². The molecule has 0 radical (unpaired) electrons. The van der Waals surface area contributed by atoms with Gasteiger partial charge in [0.1, 0.15) is 0 Å². The number of thiocarbonyl (C=S) groups is 1. The van der Waals surface area contributed by atoms with Crippen molar-refractivity contribution in [1.29, 1.82) is 0 Å². The van der Waals surface area contributed by atoms with Crippen molar-refractivity contribution < 1.29 is 0 Å². The molecule has 1 N–H and O–H groups in total. The summed E-state index contributed by atoms with van der Waals surface area (Å²) in [4.78, 5) is 5.88. The maximum atomic E-state index is 5.87. The molecule has 0 aliphatic rings. The molecule has 5 heteroatoms. The molecule has 16 heavy (non-hydrogen) atoms. The number of aliphatic imine (C=N–C) groups is 1. The molecule has 0 amide bonds. The zero-order valence-electron chi connectivity index (χ0n) is 9.27. The molecule has 0 aromatic heterocycles. The van der Waals surface area contributed by atoms with Gasteiger partial charge in [-0.05, 0) is 29.9 Å². The first-order chi connectivity index (χ1) is 7.58. The molecule has 0 bridgehead atoms. The van der Waals surface area contributed by atoms with Crippen LogP contribution in [0, 0.1) is 0 Å². The fourth-order valence-corrected chi connectivity index (χ4v) is 1.37. The molecule has 0 unspecified atom stereocenters. The summed E-state index contributed by atoms with van der Waals surface area (Å²) in [5, 5.41) is 4.22. The average molecular weight is 256 g/mol. The smallest absolute Gasteiger partial charge is 0.194 e.